The standard InChI is InChI=1S/C20H13F2N3O4/c21-15-6-3-12(10-16(15)22)14-7-8-28-18(14)19(26)23-13-4-1-11(2-5-13)9-17-24-20(27)29-25-17/h1-8,10H,9H2,(H,23,26)(H,24,25,27). The van der Waals surface area contributed by atoms with E-state index in [1.54, 1.807) is 24.3 Å². The van der Waals surface area contributed by atoms with Crippen LogP contribution in [0.5, 0.6) is 0 Å². The number of nitrogens with one attached hydrogen (secondary N) is 2. The van der Waals surface area contributed by atoms with Crippen molar-refractivity contribution < 1.29 is 22.5 Å². The molecule has 2 N–H and O–H groups in total. The van der Waals surface area contributed by atoms with Gasteiger partial charge in [-0.3, -0.25) is 14.3 Å². The van der Waals surface area contributed by atoms with Gasteiger partial charge in [-0.05, 0) is 41.5 Å². The van der Waals surface area contributed by atoms with Crippen molar-refractivity contribution in [3.63, 3.8) is 0 Å². The minimum absolute atomic E-state index is 0.0275. The number of H-pyrrole nitrogens is 1. The van der Waals surface area contributed by atoms with Crippen molar-refractivity contribution in [2.45, 2.75) is 6.42 Å². The van der Waals surface area contributed by atoms with Crippen LogP contribution >= 0.6 is 0 Å². The summed E-state index contributed by atoms with van der Waals surface area (Å²) in [5.74, 6) is -2.79. The lowest BCUT2D eigenvalue weighted by atomic mass is 10.1. The lowest BCUT2D eigenvalue weighted by molar-refractivity contribution is 0.0997. The Bertz CT molecular complexity index is 1230. The summed E-state index contributed by atoms with van der Waals surface area (Å²) in [6, 6.07) is 11.7. The quantitative estimate of drug-likeness (QED) is 0.534. The summed E-state index contributed by atoms with van der Waals surface area (Å²) in [5.41, 5.74) is 2.00. The maximum Gasteiger partial charge on any atom is 0.438 e. The van der Waals surface area contributed by atoms with Crippen molar-refractivity contribution in [2.75, 3.05) is 5.32 Å². The molecule has 0 atom stereocenters. The molecule has 29 heavy (non-hydrogen) atoms. The Morgan fingerprint density at radius 2 is 1.86 bits per heavy atom. The fraction of sp³-hybridized carbons (Fsp3) is 0.0500. The molecule has 0 aliphatic rings. The number of furan rings is 1. The van der Waals surface area contributed by atoms with Crippen LogP contribution in [0.1, 0.15) is 21.9 Å². The molecule has 0 aliphatic heterocycles. The first-order valence-electron chi connectivity index (χ1n) is 8.47. The fourth-order valence-electron chi connectivity index (χ4n) is 2.80. The van der Waals surface area contributed by atoms with Crippen LogP contribution in [0.3, 0.4) is 0 Å². The Morgan fingerprint density at radius 3 is 2.55 bits per heavy atom. The zero-order valence-corrected chi connectivity index (χ0v) is 14.7. The number of benzene rings is 2. The molecule has 0 radical (unpaired) electrons. The molecule has 0 aliphatic carbocycles. The molecule has 4 rings (SSSR count). The Morgan fingerprint density at radius 1 is 1.07 bits per heavy atom. The van der Waals surface area contributed by atoms with Gasteiger partial charge in [0.2, 0.25) is 0 Å². The van der Waals surface area contributed by atoms with E-state index in [0.717, 1.165) is 17.7 Å². The predicted molar refractivity (Wildman–Crippen MR) is 98.4 cm³/mol. The van der Waals surface area contributed by atoms with Crippen molar-refractivity contribution in [3.8, 4) is 11.1 Å². The second-order valence-electron chi connectivity index (χ2n) is 6.16. The molecule has 0 saturated carbocycles. The summed E-state index contributed by atoms with van der Waals surface area (Å²) in [6.07, 6.45) is 1.66. The summed E-state index contributed by atoms with van der Waals surface area (Å²) in [4.78, 5) is 26.0. The number of anilines is 1. The summed E-state index contributed by atoms with van der Waals surface area (Å²) >= 11 is 0. The maximum absolute atomic E-state index is 13.5. The Hall–Kier alpha value is -4.01. The number of carbonyl (C=O) groups excluding carboxylic acids is 1. The number of nitrogens with zero attached hydrogens (tertiary/aromatic N) is 1. The number of hydrogen-bond donors (Lipinski definition) is 2. The molecule has 0 unspecified atom stereocenters. The largest absolute Gasteiger partial charge is 0.459 e. The minimum atomic E-state index is -1.01. The second-order valence-corrected chi connectivity index (χ2v) is 6.16. The number of aromatic amines is 1. The highest BCUT2D eigenvalue weighted by atomic mass is 19.2. The van der Waals surface area contributed by atoms with E-state index in [1.807, 2.05) is 0 Å². The van der Waals surface area contributed by atoms with Gasteiger partial charge < -0.3 is 9.73 Å². The molecule has 0 fully saturated rings. The summed E-state index contributed by atoms with van der Waals surface area (Å²) in [6.45, 7) is 0. The van der Waals surface area contributed by atoms with Crippen molar-refractivity contribution in [1.82, 2.24) is 10.1 Å². The fourth-order valence-corrected chi connectivity index (χ4v) is 2.80. The van der Waals surface area contributed by atoms with Gasteiger partial charge in [-0.25, -0.2) is 13.6 Å². The molecule has 2 aromatic carbocycles. The van der Waals surface area contributed by atoms with E-state index < -0.39 is 23.3 Å². The monoisotopic (exact) mass is 397 g/mol. The molecule has 9 heteroatoms. The Balaban J connectivity index is 1.49. The molecular weight excluding hydrogens is 384 g/mol. The van der Waals surface area contributed by atoms with Crippen LogP contribution in [0.15, 0.2) is 68.5 Å². The number of amides is 1. The summed E-state index contributed by atoms with van der Waals surface area (Å²) in [5, 5.41) is 6.27. The van der Waals surface area contributed by atoms with Gasteiger partial charge in [-0.1, -0.05) is 23.4 Å². The molecule has 0 saturated heterocycles. The first-order valence-corrected chi connectivity index (χ1v) is 8.47. The Labute approximate surface area is 162 Å². The van der Waals surface area contributed by atoms with Crippen molar-refractivity contribution >= 4 is 11.6 Å². The number of halogens is 2. The maximum atomic E-state index is 13.5. The van der Waals surface area contributed by atoms with Gasteiger partial charge in [0.25, 0.3) is 5.91 Å². The van der Waals surface area contributed by atoms with E-state index in [1.165, 1.54) is 18.4 Å². The lowest BCUT2D eigenvalue weighted by Crippen LogP contribution is -2.12. The lowest BCUT2D eigenvalue weighted by Gasteiger charge is -2.07. The van der Waals surface area contributed by atoms with E-state index in [-0.39, 0.29) is 5.76 Å². The summed E-state index contributed by atoms with van der Waals surface area (Å²) in [7, 11) is 0. The van der Waals surface area contributed by atoms with E-state index in [9.17, 15) is 18.4 Å². The normalized spacial score (nSPS) is 10.8. The molecule has 4 aromatic rings. The molecule has 2 aromatic heterocycles. The van der Waals surface area contributed by atoms with Crippen LogP contribution in [0.4, 0.5) is 14.5 Å². The van der Waals surface area contributed by atoms with Gasteiger partial charge >= 0.3 is 5.76 Å². The third-order valence-corrected chi connectivity index (χ3v) is 4.17. The van der Waals surface area contributed by atoms with Crippen LogP contribution in [-0.2, 0) is 6.42 Å². The number of hydrogen-bond acceptors (Lipinski definition) is 5. The van der Waals surface area contributed by atoms with E-state index in [2.05, 4.69) is 20.0 Å². The number of rotatable bonds is 5. The SMILES string of the molecule is O=C(Nc1ccc(Cc2noc(=O)[nH]2)cc1)c1occc1-c1ccc(F)c(F)c1. The van der Waals surface area contributed by atoms with E-state index >= 15 is 0 Å². The van der Waals surface area contributed by atoms with Crippen LogP contribution < -0.4 is 11.1 Å². The van der Waals surface area contributed by atoms with Crippen LogP contribution in [-0.4, -0.2) is 16.0 Å². The van der Waals surface area contributed by atoms with Crippen molar-refractivity contribution in [2.24, 2.45) is 0 Å². The summed E-state index contributed by atoms with van der Waals surface area (Å²) < 4.78 is 36.4. The molecule has 0 spiro atoms. The average molecular weight is 397 g/mol. The number of carbonyl (C=O) groups is 1. The van der Waals surface area contributed by atoms with Crippen LogP contribution in [0, 0.1) is 11.6 Å². The number of aromatic nitrogens is 2. The van der Waals surface area contributed by atoms with Gasteiger partial charge in [-0.15, -0.1) is 0 Å². The zero-order chi connectivity index (χ0) is 20.4. The van der Waals surface area contributed by atoms with E-state index in [4.69, 9.17) is 4.42 Å². The predicted octanol–water partition coefficient (Wildman–Crippen LogP) is 3.74. The van der Waals surface area contributed by atoms with Gasteiger partial charge in [0, 0.05) is 17.7 Å². The first kappa shape index (κ1) is 18.4. The average Bonchev–Trinajstić information content (AvgIpc) is 3.35. The molecule has 0 bridgehead atoms. The topological polar surface area (TPSA) is 101 Å². The third kappa shape index (κ3) is 3.98. The molecule has 7 nitrogen and oxygen atoms in total. The van der Waals surface area contributed by atoms with Gasteiger partial charge in [-0.2, -0.15) is 0 Å². The second kappa shape index (κ2) is 7.55. The minimum Gasteiger partial charge on any atom is -0.459 e. The first-order chi connectivity index (χ1) is 14.0. The zero-order valence-electron chi connectivity index (χ0n) is 14.7. The van der Waals surface area contributed by atoms with Gasteiger partial charge in [0.1, 0.15) is 0 Å². The molecular formula is C20H13F2N3O4. The molecule has 2 heterocycles. The molecule has 1 amide bonds. The van der Waals surface area contributed by atoms with Crippen molar-refractivity contribution in [3.05, 3.63) is 94.1 Å². The highest BCUT2D eigenvalue weighted by molar-refractivity contribution is 6.06. The van der Waals surface area contributed by atoms with Crippen LogP contribution in [0.2, 0.25) is 0 Å². The smallest absolute Gasteiger partial charge is 0.438 e. The Kier molecular flexibility index (Phi) is 4.78. The van der Waals surface area contributed by atoms with E-state index in [0.29, 0.717) is 29.1 Å². The third-order valence-electron chi connectivity index (χ3n) is 4.17. The van der Waals surface area contributed by atoms with Crippen molar-refractivity contribution in [1.29, 1.82) is 0 Å². The molecule has 146 valence electrons. The highest BCUT2D eigenvalue weighted by Gasteiger charge is 2.18. The van der Waals surface area contributed by atoms with Gasteiger partial charge in [0.05, 0.1) is 6.26 Å². The highest BCUT2D eigenvalue weighted by Crippen LogP contribution is 2.27. The van der Waals surface area contributed by atoms with Crippen LogP contribution in [0.25, 0.3) is 11.1 Å². The van der Waals surface area contributed by atoms with Gasteiger partial charge in [0.15, 0.2) is 23.2 Å².